The molecule has 0 bridgehead atoms. The lowest BCUT2D eigenvalue weighted by molar-refractivity contribution is -0.115. The number of hydrogen-bond acceptors (Lipinski definition) is 2. The van der Waals surface area contributed by atoms with Crippen molar-refractivity contribution in [2.24, 2.45) is 0 Å². The van der Waals surface area contributed by atoms with Crippen molar-refractivity contribution in [1.82, 2.24) is 4.90 Å². The molecule has 0 radical (unpaired) electrons. The number of rotatable bonds is 5. The lowest BCUT2D eigenvalue weighted by Crippen LogP contribution is -2.25. The SMILES string of the molecule is O=C(/C=C(\c1ccccc1)c1ccc(Br)cc1)CN1CCCC1. The Morgan fingerprint density at radius 3 is 2.22 bits per heavy atom. The van der Waals surface area contributed by atoms with Gasteiger partial charge in [-0.25, -0.2) is 0 Å². The Balaban J connectivity index is 1.89. The molecule has 0 spiro atoms. The molecular formula is C20H20BrNO. The van der Waals surface area contributed by atoms with Crippen molar-refractivity contribution >= 4 is 27.3 Å². The summed E-state index contributed by atoms with van der Waals surface area (Å²) in [6.07, 6.45) is 4.21. The lowest BCUT2D eigenvalue weighted by Gasteiger charge is -2.13. The molecule has 3 rings (SSSR count). The number of ketones is 1. The Kier molecular flexibility index (Phi) is 5.42. The van der Waals surface area contributed by atoms with Crippen LogP contribution in [0, 0.1) is 0 Å². The Morgan fingerprint density at radius 1 is 0.957 bits per heavy atom. The number of halogens is 1. The van der Waals surface area contributed by atoms with Crippen LogP contribution in [0.15, 0.2) is 65.1 Å². The van der Waals surface area contributed by atoms with Crippen molar-refractivity contribution < 1.29 is 4.79 Å². The van der Waals surface area contributed by atoms with Gasteiger partial charge in [0.25, 0.3) is 0 Å². The van der Waals surface area contributed by atoms with Crippen molar-refractivity contribution in [1.29, 1.82) is 0 Å². The number of carbonyl (C=O) groups excluding carboxylic acids is 1. The highest BCUT2D eigenvalue weighted by molar-refractivity contribution is 9.10. The van der Waals surface area contributed by atoms with Crippen LogP contribution in [0.2, 0.25) is 0 Å². The van der Waals surface area contributed by atoms with Gasteiger partial charge in [-0.05, 0) is 60.8 Å². The zero-order valence-corrected chi connectivity index (χ0v) is 14.6. The maximum atomic E-state index is 12.5. The molecule has 1 fully saturated rings. The molecule has 1 aliphatic heterocycles. The number of benzene rings is 2. The molecule has 0 N–H and O–H groups in total. The zero-order valence-electron chi connectivity index (χ0n) is 13.0. The van der Waals surface area contributed by atoms with Crippen LogP contribution in [0.4, 0.5) is 0 Å². The van der Waals surface area contributed by atoms with Crippen LogP contribution in [-0.2, 0) is 4.79 Å². The van der Waals surface area contributed by atoms with Crippen molar-refractivity contribution in [2.75, 3.05) is 19.6 Å². The smallest absolute Gasteiger partial charge is 0.170 e. The first-order valence-corrected chi connectivity index (χ1v) is 8.80. The molecular weight excluding hydrogens is 350 g/mol. The van der Waals surface area contributed by atoms with E-state index in [1.54, 1.807) is 6.08 Å². The van der Waals surface area contributed by atoms with Gasteiger partial charge >= 0.3 is 0 Å². The van der Waals surface area contributed by atoms with Crippen molar-refractivity contribution in [3.8, 4) is 0 Å². The number of nitrogens with zero attached hydrogens (tertiary/aromatic N) is 1. The fourth-order valence-corrected chi connectivity index (χ4v) is 3.21. The van der Waals surface area contributed by atoms with E-state index in [9.17, 15) is 4.79 Å². The standard InChI is InChI=1S/C20H20BrNO/c21-18-10-8-17(9-11-18)20(16-6-2-1-3-7-16)14-19(23)15-22-12-4-5-13-22/h1-3,6-11,14H,4-5,12-13,15H2/b20-14+. The normalized spacial score (nSPS) is 15.8. The van der Waals surface area contributed by atoms with Crippen LogP contribution in [0.3, 0.4) is 0 Å². The van der Waals surface area contributed by atoms with E-state index in [1.165, 1.54) is 12.8 Å². The molecule has 2 aromatic rings. The van der Waals surface area contributed by atoms with Gasteiger partial charge in [-0.3, -0.25) is 9.69 Å². The second kappa shape index (κ2) is 7.71. The molecule has 3 heteroatoms. The maximum absolute atomic E-state index is 12.5. The second-order valence-corrected chi connectivity index (χ2v) is 6.80. The van der Waals surface area contributed by atoms with Crippen molar-refractivity contribution in [3.63, 3.8) is 0 Å². The summed E-state index contributed by atoms with van der Waals surface area (Å²) in [6.45, 7) is 2.60. The Hall–Kier alpha value is -1.71. The Bertz CT molecular complexity index is 685. The molecule has 118 valence electrons. The molecule has 2 nitrogen and oxygen atoms in total. The molecule has 0 amide bonds. The van der Waals surface area contributed by atoms with Crippen LogP contribution in [-0.4, -0.2) is 30.3 Å². The molecule has 0 saturated carbocycles. The summed E-state index contributed by atoms with van der Waals surface area (Å²) in [7, 11) is 0. The molecule has 0 aliphatic carbocycles. The van der Waals surface area contributed by atoms with Gasteiger partial charge in [-0.1, -0.05) is 58.4 Å². The fourth-order valence-electron chi connectivity index (χ4n) is 2.95. The quantitative estimate of drug-likeness (QED) is 0.720. The molecule has 1 aliphatic rings. The van der Waals surface area contributed by atoms with Crippen LogP contribution >= 0.6 is 15.9 Å². The van der Waals surface area contributed by atoms with Gasteiger partial charge in [0.1, 0.15) is 0 Å². The Labute approximate surface area is 146 Å². The first kappa shape index (κ1) is 16.2. The van der Waals surface area contributed by atoms with Crippen molar-refractivity contribution in [3.05, 3.63) is 76.3 Å². The third-order valence-corrected chi connectivity index (χ3v) is 4.65. The van der Waals surface area contributed by atoms with Crippen LogP contribution in [0.1, 0.15) is 24.0 Å². The van der Waals surface area contributed by atoms with E-state index in [0.29, 0.717) is 6.54 Å². The van der Waals surface area contributed by atoms with Crippen LogP contribution in [0.25, 0.3) is 5.57 Å². The maximum Gasteiger partial charge on any atom is 0.170 e. The average Bonchev–Trinajstić information content (AvgIpc) is 3.07. The van der Waals surface area contributed by atoms with Gasteiger partial charge in [0.05, 0.1) is 6.54 Å². The van der Waals surface area contributed by atoms with E-state index in [1.807, 2.05) is 42.5 Å². The summed E-state index contributed by atoms with van der Waals surface area (Å²) in [6, 6.07) is 18.2. The van der Waals surface area contributed by atoms with E-state index in [-0.39, 0.29) is 5.78 Å². The van der Waals surface area contributed by atoms with Crippen molar-refractivity contribution in [2.45, 2.75) is 12.8 Å². The molecule has 0 aromatic heterocycles. The summed E-state index contributed by atoms with van der Waals surface area (Å²) in [5.74, 6) is 0.175. The van der Waals surface area contributed by atoms with Gasteiger partial charge in [0.15, 0.2) is 5.78 Å². The zero-order chi connectivity index (χ0) is 16.1. The first-order chi connectivity index (χ1) is 11.2. The molecule has 0 unspecified atom stereocenters. The largest absolute Gasteiger partial charge is 0.296 e. The average molecular weight is 370 g/mol. The lowest BCUT2D eigenvalue weighted by atomic mass is 9.96. The predicted molar refractivity (Wildman–Crippen MR) is 98.3 cm³/mol. The predicted octanol–water partition coefficient (Wildman–Crippen LogP) is 4.55. The van der Waals surface area contributed by atoms with Gasteiger partial charge in [-0.15, -0.1) is 0 Å². The van der Waals surface area contributed by atoms with Gasteiger partial charge in [0.2, 0.25) is 0 Å². The molecule has 23 heavy (non-hydrogen) atoms. The van der Waals surface area contributed by atoms with Gasteiger partial charge < -0.3 is 0 Å². The third-order valence-electron chi connectivity index (χ3n) is 4.12. The highest BCUT2D eigenvalue weighted by Gasteiger charge is 2.15. The minimum absolute atomic E-state index is 0.175. The summed E-state index contributed by atoms with van der Waals surface area (Å²) in [5, 5.41) is 0. The molecule has 1 saturated heterocycles. The number of likely N-dealkylation sites (tertiary alicyclic amines) is 1. The molecule has 0 atom stereocenters. The highest BCUT2D eigenvalue weighted by Crippen LogP contribution is 2.25. The molecule has 1 heterocycles. The topological polar surface area (TPSA) is 20.3 Å². The van der Waals surface area contributed by atoms with E-state index >= 15 is 0 Å². The number of carbonyl (C=O) groups is 1. The van der Waals surface area contributed by atoms with E-state index in [2.05, 4.69) is 33.0 Å². The summed E-state index contributed by atoms with van der Waals surface area (Å²) in [5.41, 5.74) is 3.13. The minimum Gasteiger partial charge on any atom is -0.296 e. The monoisotopic (exact) mass is 369 g/mol. The van der Waals surface area contributed by atoms with E-state index in [4.69, 9.17) is 0 Å². The Morgan fingerprint density at radius 2 is 1.57 bits per heavy atom. The van der Waals surface area contributed by atoms with E-state index in [0.717, 1.165) is 34.3 Å². The van der Waals surface area contributed by atoms with E-state index < -0.39 is 0 Å². The highest BCUT2D eigenvalue weighted by atomic mass is 79.9. The fraction of sp³-hybridized carbons (Fsp3) is 0.250. The minimum atomic E-state index is 0.175. The van der Waals surface area contributed by atoms with Gasteiger partial charge in [-0.2, -0.15) is 0 Å². The summed E-state index contributed by atoms with van der Waals surface area (Å²) in [4.78, 5) is 14.7. The number of hydrogen-bond donors (Lipinski definition) is 0. The second-order valence-electron chi connectivity index (χ2n) is 5.88. The van der Waals surface area contributed by atoms with Gasteiger partial charge in [0, 0.05) is 4.47 Å². The summed E-state index contributed by atoms with van der Waals surface area (Å²) < 4.78 is 1.04. The summed E-state index contributed by atoms with van der Waals surface area (Å²) >= 11 is 3.47. The van der Waals surface area contributed by atoms with Crippen LogP contribution in [0.5, 0.6) is 0 Å². The first-order valence-electron chi connectivity index (χ1n) is 8.00. The third kappa shape index (κ3) is 4.40. The van der Waals surface area contributed by atoms with Crippen LogP contribution < -0.4 is 0 Å². The molecule has 2 aromatic carbocycles.